The minimum atomic E-state index is -0.797. The molecule has 4 atom stereocenters. The molecule has 1 aliphatic carbocycles. The van der Waals surface area contributed by atoms with E-state index in [0.29, 0.717) is 27.1 Å². The van der Waals surface area contributed by atoms with Crippen LogP contribution in [-0.4, -0.2) is 17.9 Å². The monoisotopic (exact) mass is 190 g/mol. The molecule has 0 aromatic carbocycles. The summed E-state index contributed by atoms with van der Waals surface area (Å²) in [6, 6.07) is 0.116. The highest BCUT2D eigenvalue weighted by Gasteiger charge is 2.33. The molecule has 0 saturated heterocycles. The van der Waals surface area contributed by atoms with Gasteiger partial charge in [-0.25, -0.2) is 4.39 Å². The number of hydrogen-bond donors (Lipinski definition) is 2. The molecule has 0 amide bonds. The molecule has 2 nitrogen and oxygen atoms in total. The summed E-state index contributed by atoms with van der Waals surface area (Å²) in [7, 11) is 0.412. The van der Waals surface area contributed by atoms with Crippen molar-refractivity contribution in [2.75, 3.05) is 0 Å². The van der Waals surface area contributed by atoms with Gasteiger partial charge in [-0.05, 0) is 18.8 Å². The van der Waals surface area contributed by atoms with Crippen molar-refractivity contribution < 1.29 is 4.39 Å². The van der Waals surface area contributed by atoms with Gasteiger partial charge in [0.1, 0.15) is 6.17 Å². The minimum Gasteiger partial charge on any atom is -0.327 e. The molecular formula is C8H16FN2P. The van der Waals surface area contributed by atoms with Crippen molar-refractivity contribution in [3.05, 3.63) is 0 Å². The van der Waals surface area contributed by atoms with Crippen LogP contribution in [0.25, 0.3) is 0 Å². The summed E-state index contributed by atoms with van der Waals surface area (Å²) in [6.45, 7) is 2.05. The summed E-state index contributed by atoms with van der Waals surface area (Å²) in [5, 5.41) is 7.12. The van der Waals surface area contributed by atoms with Gasteiger partial charge < -0.3 is 5.73 Å². The molecular weight excluding hydrogens is 174 g/mol. The molecule has 0 aromatic heterocycles. The van der Waals surface area contributed by atoms with Gasteiger partial charge in [0.15, 0.2) is 0 Å². The second-order valence-corrected chi connectivity index (χ2v) is 4.44. The van der Waals surface area contributed by atoms with Crippen molar-refractivity contribution in [1.29, 1.82) is 5.16 Å². The molecule has 1 rings (SSSR count). The zero-order chi connectivity index (χ0) is 9.14. The summed E-state index contributed by atoms with van der Waals surface area (Å²) in [4.78, 5) is 0. The lowest BCUT2D eigenvalue weighted by atomic mass is 9.82. The first-order chi connectivity index (χ1) is 5.69. The van der Waals surface area contributed by atoms with Gasteiger partial charge in [0.05, 0.1) is 5.66 Å². The quantitative estimate of drug-likeness (QED) is 0.646. The zero-order valence-corrected chi connectivity index (χ0v) is 8.23. The molecule has 4 unspecified atom stereocenters. The van der Waals surface area contributed by atoms with Crippen molar-refractivity contribution in [3.63, 3.8) is 0 Å². The first-order valence-corrected chi connectivity index (χ1v) is 5.41. The van der Waals surface area contributed by atoms with Crippen molar-refractivity contribution in [2.24, 2.45) is 11.7 Å². The normalized spacial score (nSPS) is 43.2. The first-order valence-electron chi connectivity index (χ1n) is 4.45. The predicted molar refractivity (Wildman–Crippen MR) is 49.3 cm³/mol. The Bertz CT molecular complexity index is 165. The fourth-order valence-corrected chi connectivity index (χ4v) is 2.48. The molecule has 0 aliphatic heterocycles. The molecule has 3 N–H and O–H groups in total. The minimum absolute atomic E-state index is 0.116. The molecule has 1 aliphatic rings. The third-order valence-electron chi connectivity index (χ3n) is 2.75. The van der Waals surface area contributed by atoms with Gasteiger partial charge in [0.2, 0.25) is 0 Å². The van der Waals surface area contributed by atoms with Gasteiger partial charge in [-0.2, -0.15) is 0 Å². The molecule has 12 heavy (non-hydrogen) atoms. The van der Waals surface area contributed by atoms with Crippen molar-refractivity contribution in [2.45, 2.75) is 44.1 Å². The zero-order valence-electron chi connectivity index (χ0n) is 7.33. The van der Waals surface area contributed by atoms with E-state index in [2.05, 4.69) is 6.92 Å². The average Bonchev–Trinajstić information content (AvgIpc) is 2.08. The Hall–Kier alpha value is -0.0100. The maximum atomic E-state index is 13.3. The molecule has 0 spiro atoms. The third-order valence-corrected chi connectivity index (χ3v) is 3.62. The maximum Gasteiger partial charge on any atom is 0.112 e. The van der Waals surface area contributed by atoms with Crippen LogP contribution in [0.15, 0.2) is 0 Å². The highest BCUT2D eigenvalue weighted by molar-refractivity contribution is 7.26. The molecule has 0 aromatic rings. The number of halogens is 1. The number of nitrogens with two attached hydrogens (primary N) is 1. The van der Waals surface area contributed by atoms with E-state index in [4.69, 9.17) is 10.9 Å². The van der Waals surface area contributed by atoms with Crippen molar-refractivity contribution >= 4 is 8.37 Å². The number of alkyl halides is 1. The van der Waals surface area contributed by atoms with E-state index in [9.17, 15) is 4.39 Å². The number of rotatable bonds is 2. The molecule has 1 fully saturated rings. The Balaban J connectivity index is 2.55. The molecule has 4 heteroatoms. The Morgan fingerprint density at radius 2 is 2.25 bits per heavy atom. The second kappa shape index (κ2) is 4.29. The lowest BCUT2D eigenvalue weighted by molar-refractivity contribution is 0.181. The van der Waals surface area contributed by atoms with Crippen LogP contribution in [-0.2, 0) is 0 Å². The average molecular weight is 190 g/mol. The van der Waals surface area contributed by atoms with E-state index in [-0.39, 0.29) is 11.7 Å². The standard InChI is InChI=1S/C8H16FN2P/c1-2-5-3-6(9)8(12-11)4-7(5)10/h5-8,11H,2-4,10H2,1H3. The lowest BCUT2D eigenvalue weighted by Gasteiger charge is -2.33. The van der Waals surface area contributed by atoms with Gasteiger partial charge in [-0.1, -0.05) is 13.3 Å². The Labute approximate surface area is 74.4 Å². The second-order valence-electron chi connectivity index (χ2n) is 3.52. The van der Waals surface area contributed by atoms with Crippen LogP contribution in [0.2, 0.25) is 0 Å². The Kier molecular flexibility index (Phi) is 3.60. The maximum absolute atomic E-state index is 13.3. The summed E-state index contributed by atoms with van der Waals surface area (Å²) >= 11 is 0. The van der Waals surface area contributed by atoms with Crippen molar-refractivity contribution in [1.82, 2.24) is 0 Å². The van der Waals surface area contributed by atoms with E-state index < -0.39 is 6.17 Å². The van der Waals surface area contributed by atoms with E-state index in [1.807, 2.05) is 0 Å². The highest BCUT2D eigenvalue weighted by Crippen LogP contribution is 2.34. The molecule has 70 valence electrons. The van der Waals surface area contributed by atoms with Crippen LogP contribution >= 0.6 is 8.37 Å². The smallest absolute Gasteiger partial charge is 0.112 e. The van der Waals surface area contributed by atoms with Gasteiger partial charge in [0, 0.05) is 14.4 Å². The number of hydrogen-bond acceptors (Lipinski definition) is 2. The lowest BCUT2D eigenvalue weighted by Crippen LogP contribution is -2.42. The van der Waals surface area contributed by atoms with Crippen LogP contribution in [0, 0.1) is 11.1 Å². The summed E-state index contributed by atoms with van der Waals surface area (Å²) < 4.78 is 13.3. The van der Waals surface area contributed by atoms with Gasteiger partial charge in [0.25, 0.3) is 0 Å². The van der Waals surface area contributed by atoms with E-state index in [0.717, 1.165) is 6.42 Å². The topological polar surface area (TPSA) is 49.9 Å². The Morgan fingerprint density at radius 1 is 1.58 bits per heavy atom. The van der Waals surface area contributed by atoms with Crippen LogP contribution < -0.4 is 5.73 Å². The highest BCUT2D eigenvalue weighted by atomic mass is 31.1. The van der Waals surface area contributed by atoms with E-state index in [1.54, 1.807) is 0 Å². The van der Waals surface area contributed by atoms with Crippen LogP contribution in [0.5, 0.6) is 0 Å². The summed E-state index contributed by atoms with van der Waals surface area (Å²) in [6.07, 6.45) is 1.41. The fraction of sp³-hybridized carbons (Fsp3) is 1.00. The molecule has 0 bridgehead atoms. The van der Waals surface area contributed by atoms with E-state index in [1.165, 1.54) is 0 Å². The third kappa shape index (κ3) is 2.02. The molecule has 0 heterocycles. The Morgan fingerprint density at radius 3 is 2.75 bits per heavy atom. The van der Waals surface area contributed by atoms with Gasteiger partial charge >= 0.3 is 0 Å². The van der Waals surface area contributed by atoms with Crippen LogP contribution in [0.1, 0.15) is 26.2 Å². The predicted octanol–water partition coefficient (Wildman–Crippen LogP) is 2.55. The largest absolute Gasteiger partial charge is 0.327 e. The summed E-state index contributed by atoms with van der Waals surface area (Å²) in [5.41, 5.74) is 5.73. The molecule has 1 saturated carbocycles. The number of nitrogens with one attached hydrogen (secondary N) is 1. The van der Waals surface area contributed by atoms with Crippen LogP contribution in [0.4, 0.5) is 4.39 Å². The fourth-order valence-electron chi connectivity index (χ4n) is 1.84. The van der Waals surface area contributed by atoms with Crippen molar-refractivity contribution in [3.8, 4) is 0 Å². The van der Waals surface area contributed by atoms with E-state index >= 15 is 0 Å². The first kappa shape index (κ1) is 10.1. The SMILES string of the molecule is CCC1CC(F)C(P=N)CC1N. The van der Waals surface area contributed by atoms with Crippen LogP contribution in [0.3, 0.4) is 0 Å². The van der Waals surface area contributed by atoms with Gasteiger partial charge in [-0.3, -0.25) is 5.16 Å². The van der Waals surface area contributed by atoms with Gasteiger partial charge in [-0.15, -0.1) is 0 Å². The summed E-state index contributed by atoms with van der Waals surface area (Å²) in [5.74, 6) is 0.331. The molecule has 0 radical (unpaired) electrons.